The van der Waals surface area contributed by atoms with Gasteiger partial charge in [-0.2, -0.15) is 0 Å². The number of aromatic nitrogens is 1. The standard InChI is InChI=1S/C20H26N2O7/c1-7-29-20(23)17-13(11-24-2)16(14(22-17)10-21-28-6)12-8-9-15(25-3)19(27-5)18(12)26-4/h8-10,22H,7,11H2,1-6H3/b21-10+. The van der Waals surface area contributed by atoms with Crippen LogP contribution in [0.2, 0.25) is 0 Å². The minimum atomic E-state index is -0.502. The number of methoxy groups -OCH3 is 4. The Morgan fingerprint density at radius 1 is 1.07 bits per heavy atom. The number of aromatic amines is 1. The zero-order chi connectivity index (χ0) is 21.4. The average molecular weight is 406 g/mol. The molecule has 1 heterocycles. The van der Waals surface area contributed by atoms with Gasteiger partial charge in [0.25, 0.3) is 0 Å². The summed E-state index contributed by atoms with van der Waals surface area (Å²) >= 11 is 0. The van der Waals surface area contributed by atoms with E-state index in [2.05, 4.69) is 10.1 Å². The number of nitrogens with zero attached hydrogens (tertiary/aromatic N) is 1. The van der Waals surface area contributed by atoms with Crippen molar-refractivity contribution in [3.8, 4) is 28.4 Å². The van der Waals surface area contributed by atoms with Crippen molar-refractivity contribution in [2.24, 2.45) is 5.16 Å². The van der Waals surface area contributed by atoms with E-state index < -0.39 is 5.97 Å². The zero-order valence-electron chi connectivity index (χ0n) is 17.5. The molecule has 0 atom stereocenters. The van der Waals surface area contributed by atoms with Gasteiger partial charge < -0.3 is 33.5 Å². The number of hydrogen-bond acceptors (Lipinski definition) is 8. The molecule has 1 aromatic carbocycles. The van der Waals surface area contributed by atoms with Gasteiger partial charge in [0.1, 0.15) is 12.8 Å². The molecule has 9 heteroatoms. The van der Waals surface area contributed by atoms with E-state index in [1.54, 1.807) is 27.2 Å². The maximum Gasteiger partial charge on any atom is 0.355 e. The van der Waals surface area contributed by atoms with Gasteiger partial charge in [-0.15, -0.1) is 0 Å². The molecule has 0 saturated carbocycles. The Hall–Kier alpha value is -3.20. The fourth-order valence-corrected chi connectivity index (χ4v) is 3.03. The predicted octanol–water partition coefficient (Wildman–Crippen LogP) is 3.01. The fourth-order valence-electron chi connectivity index (χ4n) is 3.03. The van der Waals surface area contributed by atoms with Gasteiger partial charge in [0.2, 0.25) is 5.75 Å². The Labute approximate surface area is 169 Å². The Morgan fingerprint density at radius 2 is 1.79 bits per heavy atom. The molecular formula is C20H26N2O7. The lowest BCUT2D eigenvalue weighted by molar-refractivity contribution is 0.0515. The van der Waals surface area contributed by atoms with Crippen LogP contribution in [0.1, 0.15) is 28.7 Å². The number of ether oxygens (including phenoxy) is 5. The summed E-state index contributed by atoms with van der Waals surface area (Å²) in [4.78, 5) is 20.4. The number of rotatable bonds is 10. The van der Waals surface area contributed by atoms with Crippen molar-refractivity contribution in [3.63, 3.8) is 0 Å². The summed E-state index contributed by atoms with van der Waals surface area (Å²) in [6, 6.07) is 3.56. The van der Waals surface area contributed by atoms with E-state index >= 15 is 0 Å². The number of esters is 1. The molecule has 0 aliphatic carbocycles. The normalized spacial score (nSPS) is 10.8. The van der Waals surface area contributed by atoms with Gasteiger partial charge in [-0.25, -0.2) is 4.79 Å². The first kappa shape index (κ1) is 22.1. The largest absolute Gasteiger partial charge is 0.493 e. The van der Waals surface area contributed by atoms with Crippen LogP contribution in [0.25, 0.3) is 11.1 Å². The van der Waals surface area contributed by atoms with Gasteiger partial charge in [0, 0.05) is 23.8 Å². The molecule has 2 rings (SSSR count). The van der Waals surface area contributed by atoms with Crippen LogP contribution in [0.4, 0.5) is 0 Å². The molecule has 0 amide bonds. The topological polar surface area (TPSA) is 101 Å². The predicted molar refractivity (Wildman–Crippen MR) is 107 cm³/mol. The second kappa shape index (κ2) is 10.4. The molecular weight excluding hydrogens is 380 g/mol. The first-order valence-corrected chi connectivity index (χ1v) is 8.84. The van der Waals surface area contributed by atoms with Gasteiger partial charge >= 0.3 is 5.97 Å². The Balaban J connectivity index is 2.85. The lowest BCUT2D eigenvalue weighted by atomic mass is 9.98. The van der Waals surface area contributed by atoms with Crippen LogP contribution in [0.15, 0.2) is 17.3 Å². The number of carbonyl (C=O) groups is 1. The number of hydrogen-bond donors (Lipinski definition) is 1. The van der Waals surface area contributed by atoms with Crippen LogP contribution in [0, 0.1) is 0 Å². The summed E-state index contributed by atoms with van der Waals surface area (Å²) in [6.45, 7) is 2.13. The summed E-state index contributed by atoms with van der Waals surface area (Å²) in [6.07, 6.45) is 1.47. The third-order valence-electron chi connectivity index (χ3n) is 4.16. The average Bonchev–Trinajstić information content (AvgIpc) is 3.09. The summed E-state index contributed by atoms with van der Waals surface area (Å²) in [5.74, 6) is 0.863. The van der Waals surface area contributed by atoms with E-state index in [0.29, 0.717) is 39.6 Å². The van der Waals surface area contributed by atoms with Crippen molar-refractivity contribution in [2.45, 2.75) is 13.5 Å². The first-order valence-electron chi connectivity index (χ1n) is 8.84. The lowest BCUT2D eigenvalue weighted by Crippen LogP contribution is -2.08. The number of oxime groups is 1. The third kappa shape index (κ3) is 4.45. The van der Waals surface area contributed by atoms with E-state index in [9.17, 15) is 4.79 Å². The highest BCUT2D eigenvalue weighted by atomic mass is 16.6. The fraction of sp³-hybridized carbons (Fsp3) is 0.400. The smallest absolute Gasteiger partial charge is 0.355 e. The van der Waals surface area contributed by atoms with Crippen molar-refractivity contribution in [3.05, 3.63) is 29.1 Å². The molecule has 0 radical (unpaired) electrons. The van der Waals surface area contributed by atoms with Crippen molar-refractivity contribution in [1.82, 2.24) is 4.98 Å². The van der Waals surface area contributed by atoms with Crippen molar-refractivity contribution < 1.29 is 33.3 Å². The molecule has 1 aromatic heterocycles. The second-order valence-electron chi connectivity index (χ2n) is 5.72. The number of H-pyrrole nitrogens is 1. The highest BCUT2D eigenvalue weighted by molar-refractivity contribution is 6.00. The van der Waals surface area contributed by atoms with E-state index in [1.807, 2.05) is 6.07 Å². The maximum atomic E-state index is 12.5. The molecule has 0 aliphatic heterocycles. The minimum absolute atomic E-state index is 0.151. The second-order valence-corrected chi connectivity index (χ2v) is 5.72. The molecule has 9 nitrogen and oxygen atoms in total. The van der Waals surface area contributed by atoms with Crippen molar-refractivity contribution in [2.75, 3.05) is 42.2 Å². The van der Waals surface area contributed by atoms with Crippen LogP contribution >= 0.6 is 0 Å². The first-order chi connectivity index (χ1) is 14.1. The maximum absolute atomic E-state index is 12.5. The Kier molecular flexibility index (Phi) is 7.90. The summed E-state index contributed by atoms with van der Waals surface area (Å²) in [7, 11) is 7.56. The van der Waals surface area contributed by atoms with Gasteiger partial charge in [0.05, 0.1) is 46.5 Å². The molecule has 29 heavy (non-hydrogen) atoms. The molecule has 0 fully saturated rings. The van der Waals surface area contributed by atoms with Gasteiger partial charge in [-0.1, -0.05) is 5.16 Å². The monoisotopic (exact) mass is 406 g/mol. The highest BCUT2D eigenvalue weighted by Crippen LogP contribution is 2.46. The molecule has 0 aliphatic rings. The van der Waals surface area contributed by atoms with E-state index in [1.165, 1.54) is 27.5 Å². The van der Waals surface area contributed by atoms with Crippen LogP contribution < -0.4 is 14.2 Å². The molecule has 0 unspecified atom stereocenters. The van der Waals surface area contributed by atoms with Crippen LogP contribution in [-0.2, 0) is 20.9 Å². The number of carbonyl (C=O) groups excluding carboxylic acids is 1. The third-order valence-corrected chi connectivity index (χ3v) is 4.16. The molecule has 2 aromatic rings. The SMILES string of the molecule is CCOC(=O)c1[nH]c(/C=N/OC)c(-c2ccc(OC)c(OC)c2OC)c1COC. The Bertz CT molecular complexity index is 874. The van der Waals surface area contributed by atoms with E-state index in [4.69, 9.17) is 28.5 Å². The molecule has 0 spiro atoms. The lowest BCUT2D eigenvalue weighted by Gasteiger charge is -2.17. The summed E-state index contributed by atoms with van der Waals surface area (Å²) < 4.78 is 27.0. The highest BCUT2D eigenvalue weighted by Gasteiger charge is 2.27. The Morgan fingerprint density at radius 3 is 2.34 bits per heavy atom. The van der Waals surface area contributed by atoms with Gasteiger partial charge in [0.15, 0.2) is 11.5 Å². The number of nitrogens with one attached hydrogen (secondary N) is 1. The summed E-state index contributed by atoms with van der Waals surface area (Å²) in [5.41, 5.74) is 2.68. The van der Waals surface area contributed by atoms with Crippen LogP contribution in [0.5, 0.6) is 17.2 Å². The van der Waals surface area contributed by atoms with Gasteiger partial charge in [-0.3, -0.25) is 0 Å². The minimum Gasteiger partial charge on any atom is -0.493 e. The van der Waals surface area contributed by atoms with Crippen molar-refractivity contribution >= 4 is 12.2 Å². The van der Waals surface area contributed by atoms with E-state index in [-0.39, 0.29) is 18.9 Å². The van der Waals surface area contributed by atoms with Crippen molar-refractivity contribution in [1.29, 1.82) is 0 Å². The molecule has 1 N–H and O–H groups in total. The molecule has 0 saturated heterocycles. The molecule has 158 valence electrons. The zero-order valence-corrected chi connectivity index (χ0v) is 17.5. The number of benzene rings is 1. The van der Waals surface area contributed by atoms with Crippen LogP contribution in [-0.4, -0.2) is 59.3 Å². The van der Waals surface area contributed by atoms with E-state index in [0.717, 1.165) is 0 Å². The van der Waals surface area contributed by atoms with Crippen LogP contribution in [0.3, 0.4) is 0 Å². The van der Waals surface area contributed by atoms with Gasteiger partial charge in [-0.05, 0) is 19.1 Å². The molecule has 0 bridgehead atoms. The summed E-state index contributed by atoms with van der Waals surface area (Å²) in [5, 5.41) is 3.83. The quantitative estimate of drug-likeness (QED) is 0.368.